The normalized spacial score (nSPS) is 12.7. The molecule has 0 spiro atoms. The van der Waals surface area contributed by atoms with Crippen molar-refractivity contribution in [3.8, 4) is 0 Å². The lowest BCUT2D eigenvalue weighted by Gasteiger charge is -2.02. The highest BCUT2D eigenvalue weighted by atomic mass is 14.0. The Bertz CT molecular complexity index is 632. The summed E-state index contributed by atoms with van der Waals surface area (Å²) in [7, 11) is 0. The zero-order valence-electron chi connectivity index (χ0n) is 26.4. The maximum atomic E-state index is 2.43. The van der Waals surface area contributed by atoms with Crippen LogP contribution in [-0.2, 0) is 0 Å². The van der Waals surface area contributed by atoms with Gasteiger partial charge >= 0.3 is 0 Å². The molecule has 0 radical (unpaired) electrons. The molecule has 0 aliphatic rings. The standard InChI is InChI=1S/C30H50.C6H14/c1-25(2)15-11-19-29(7)23-13-21-27(5)17-9-10-18-28(6)22-14-24-30(8)20-12-16-26(3)4;1-3-5-6-4-2/h15-18,23-24H,9-14,19-22H2,1-8H3;3-6H2,1-2H3/b27-17+,28-18+,29-23+,30-24+;. The van der Waals surface area contributed by atoms with E-state index in [9.17, 15) is 0 Å². The molecule has 0 aromatic carbocycles. The molecule has 0 atom stereocenters. The van der Waals surface area contributed by atoms with Crippen LogP contribution in [0.15, 0.2) is 69.9 Å². The van der Waals surface area contributed by atoms with Crippen molar-refractivity contribution >= 4 is 0 Å². The Labute approximate surface area is 228 Å². The first-order valence-electron chi connectivity index (χ1n) is 15.0. The van der Waals surface area contributed by atoms with E-state index in [1.54, 1.807) is 0 Å². The molecule has 0 unspecified atom stereocenters. The average Bonchev–Trinajstić information content (AvgIpc) is 2.80. The third-order valence-corrected chi connectivity index (χ3v) is 6.35. The van der Waals surface area contributed by atoms with Gasteiger partial charge in [-0.1, -0.05) is 109 Å². The SMILES string of the molecule is CC(C)=CCC/C(C)=C/CC/C(C)=C/CC/C=C(\C)CC/C=C(\C)CCC=C(C)C.CCCCCC. The first kappa shape index (κ1) is 36.6. The van der Waals surface area contributed by atoms with Crippen molar-refractivity contribution in [3.05, 3.63) is 69.9 Å². The van der Waals surface area contributed by atoms with Crippen LogP contribution in [0.25, 0.3) is 0 Å². The second-order valence-corrected chi connectivity index (χ2v) is 11.2. The second kappa shape index (κ2) is 26.5. The summed E-state index contributed by atoms with van der Waals surface area (Å²) >= 11 is 0. The van der Waals surface area contributed by atoms with Crippen LogP contribution in [-0.4, -0.2) is 0 Å². The molecule has 0 heteroatoms. The smallest absolute Gasteiger partial charge is 0.0288 e. The van der Waals surface area contributed by atoms with Gasteiger partial charge in [0, 0.05) is 0 Å². The summed E-state index contributed by atoms with van der Waals surface area (Å²) in [5.74, 6) is 0. The number of hydrogen-bond acceptors (Lipinski definition) is 0. The van der Waals surface area contributed by atoms with E-state index < -0.39 is 0 Å². The predicted octanol–water partition coefficient (Wildman–Crippen LogP) is 13.2. The number of hydrogen-bond donors (Lipinski definition) is 0. The van der Waals surface area contributed by atoms with Crippen molar-refractivity contribution in [2.75, 3.05) is 0 Å². The quantitative estimate of drug-likeness (QED) is 0.131. The van der Waals surface area contributed by atoms with Crippen molar-refractivity contribution in [2.45, 2.75) is 159 Å². The van der Waals surface area contributed by atoms with Gasteiger partial charge in [0.05, 0.1) is 0 Å². The molecule has 0 nitrogen and oxygen atoms in total. The molecule has 0 aliphatic carbocycles. The highest BCUT2D eigenvalue weighted by Gasteiger charge is 1.94. The number of allylic oxidation sites excluding steroid dienone is 12. The molecule has 0 saturated carbocycles. The molecule has 0 bridgehead atoms. The van der Waals surface area contributed by atoms with Crippen molar-refractivity contribution in [1.29, 1.82) is 0 Å². The molecule has 0 fully saturated rings. The Morgan fingerprint density at radius 3 is 0.861 bits per heavy atom. The van der Waals surface area contributed by atoms with Gasteiger partial charge in [0.25, 0.3) is 0 Å². The van der Waals surface area contributed by atoms with Crippen LogP contribution in [0.1, 0.15) is 159 Å². The Morgan fingerprint density at radius 2 is 0.611 bits per heavy atom. The van der Waals surface area contributed by atoms with Crippen LogP contribution in [0.3, 0.4) is 0 Å². The minimum atomic E-state index is 1.17. The Balaban J connectivity index is 0. The van der Waals surface area contributed by atoms with E-state index in [4.69, 9.17) is 0 Å². The van der Waals surface area contributed by atoms with E-state index in [2.05, 4.69) is 106 Å². The Morgan fingerprint density at radius 1 is 0.361 bits per heavy atom. The van der Waals surface area contributed by atoms with Crippen LogP contribution in [0, 0.1) is 0 Å². The van der Waals surface area contributed by atoms with Crippen LogP contribution >= 0.6 is 0 Å². The van der Waals surface area contributed by atoms with Gasteiger partial charge in [-0.25, -0.2) is 0 Å². The van der Waals surface area contributed by atoms with E-state index in [-0.39, 0.29) is 0 Å². The van der Waals surface area contributed by atoms with Crippen molar-refractivity contribution in [2.24, 2.45) is 0 Å². The fraction of sp³-hybridized carbons (Fsp3) is 0.667. The summed E-state index contributed by atoms with van der Waals surface area (Å²) in [4.78, 5) is 0. The molecule has 0 aromatic heterocycles. The molecule has 0 aromatic rings. The summed E-state index contributed by atoms with van der Waals surface area (Å²) < 4.78 is 0. The van der Waals surface area contributed by atoms with Crippen LogP contribution < -0.4 is 0 Å². The minimum Gasteiger partial charge on any atom is -0.0856 e. The third-order valence-electron chi connectivity index (χ3n) is 6.35. The van der Waals surface area contributed by atoms with E-state index in [0.29, 0.717) is 0 Å². The number of rotatable bonds is 18. The molecule has 0 rings (SSSR count). The summed E-state index contributed by atoms with van der Waals surface area (Å²) in [5.41, 5.74) is 8.97. The summed E-state index contributed by atoms with van der Waals surface area (Å²) in [6, 6.07) is 0. The molecule has 0 heterocycles. The Kier molecular flexibility index (Phi) is 26.9. The fourth-order valence-corrected chi connectivity index (χ4v) is 3.84. The van der Waals surface area contributed by atoms with E-state index in [1.807, 2.05) is 0 Å². The van der Waals surface area contributed by atoms with Gasteiger partial charge in [-0.05, 0) is 120 Å². The first-order valence-corrected chi connectivity index (χ1v) is 15.0. The van der Waals surface area contributed by atoms with E-state index in [0.717, 1.165) is 0 Å². The summed E-state index contributed by atoms with van der Waals surface area (Å²) in [6.45, 7) is 22.3. The molecule has 0 saturated heterocycles. The lowest BCUT2D eigenvalue weighted by Crippen LogP contribution is -1.82. The highest BCUT2D eigenvalue weighted by molar-refractivity contribution is 5.08. The molecule has 0 N–H and O–H groups in total. The second-order valence-electron chi connectivity index (χ2n) is 11.2. The monoisotopic (exact) mass is 497 g/mol. The predicted molar refractivity (Wildman–Crippen MR) is 170 cm³/mol. The fourth-order valence-electron chi connectivity index (χ4n) is 3.84. The lowest BCUT2D eigenvalue weighted by atomic mass is 10.0. The van der Waals surface area contributed by atoms with Gasteiger partial charge in [-0.2, -0.15) is 0 Å². The maximum Gasteiger partial charge on any atom is -0.0288 e. The summed E-state index contributed by atoms with van der Waals surface area (Å²) in [5, 5.41) is 0. The van der Waals surface area contributed by atoms with Gasteiger partial charge < -0.3 is 0 Å². The zero-order chi connectivity index (χ0) is 27.6. The van der Waals surface area contributed by atoms with E-state index >= 15 is 0 Å². The molecular formula is C36H64. The van der Waals surface area contributed by atoms with Crippen molar-refractivity contribution < 1.29 is 0 Å². The first-order chi connectivity index (χ1) is 17.1. The van der Waals surface area contributed by atoms with Crippen molar-refractivity contribution in [3.63, 3.8) is 0 Å². The number of unbranched alkanes of at least 4 members (excludes halogenated alkanes) is 4. The van der Waals surface area contributed by atoms with Gasteiger partial charge in [0.1, 0.15) is 0 Å². The molecular weight excluding hydrogens is 432 g/mol. The zero-order valence-corrected chi connectivity index (χ0v) is 26.4. The highest BCUT2D eigenvalue weighted by Crippen LogP contribution is 2.14. The van der Waals surface area contributed by atoms with E-state index in [1.165, 1.54) is 123 Å². The van der Waals surface area contributed by atoms with Gasteiger partial charge in [-0.15, -0.1) is 0 Å². The van der Waals surface area contributed by atoms with Crippen molar-refractivity contribution in [1.82, 2.24) is 0 Å². The molecule has 0 aliphatic heterocycles. The van der Waals surface area contributed by atoms with Crippen LogP contribution in [0.4, 0.5) is 0 Å². The third kappa shape index (κ3) is 30.5. The largest absolute Gasteiger partial charge is 0.0856 e. The molecule has 208 valence electrons. The average molecular weight is 497 g/mol. The minimum absolute atomic E-state index is 1.17. The van der Waals surface area contributed by atoms with Crippen LogP contribution in [0.2, 0.25) is 0 Å². The maximum absolute atomic E-state index is 2.43. The lowest BCUT2D eigenvalue weighted by molar-refractivity contribution is 0.702. The molecule has 36 heavy (non-hydrogen) atoms. The van der Waals surface area contributed by atoms with Gasteiger partial charge in [0.15, 0.2) is 0 Å². The summed E-state index contributed by atoms with van der Waals surface area (Å²) in [6.07, 6.45) is 31.8. The van der Waals surface area contributed by atoms with Gasteiger partial charge in [-0.3, -0.25) is 0 Å². The van der Waals surface area contributed by atoms with Gasteiger partial charge in [0.2, 0.25) is 0 Å². The van der Waals surface area contributed by atoms with Crippen LogP contribution in [0.5, 0.6) is 0 Å². The Hall–Kier alpha value is -1.56. The molecule has 0 amide bonds. The topological polar surface area (TPSA) is 0 Å².